The van der Waals surface area contributed by atoms with Crippen molar-refractivity contribution in [1.29, 1.82) is 0 Å². The molecular formula is C21H21N5O2S. The Hall–Kier alpha value is -3.26. The molecule has 0 atom stereocenters. The van der Waals surface area contributed by atoms with Crippen molar-refractivity contribution < 1.29 is 9.53 Å². The zero-order valence-corrected chi connectivity index (χ0v) is 17.2. The maximum Gasteiger partial charge on any atom is 0.257 e. The number of amides is 1. The number of pyridine rings is 1. The van der Waals surface area contributed by atoms with Gasteiger partial charge in [-0.1, -0.05) is 31.3 Å². The van der Waals surface area contributed by atoms with Crippen molar-refractivity contribution in [2.24, 2.45) is 0 Å². The number of carbonyl (C=O) groups excluding carboxylic acids is 1. The SMILES string of the molecule is Cc1ccc2nc(COc3ccc(C(=O)Nc4nnc(C(C)C)s4)cc3)cn2c1. The van der Waals surface area contributed by atoms with E-state index in [0.717, 1.165) is 16.3 Å². The van der Waals surface area contributed by atoms with Crippen LogP contribution in [0.1, 0.15) is 46.4 Å². The van der Waals surface area contributed by atoms with E-state index in [2.05, 4.69) is 20.5 Å². The standard InChI is InChI=1S/C21H21N5O2S/c1-13(2)20-24-25-21(29-20)23-19(27)15-5-7-17(8-6-15)28-12-16-11-26-10-14(3)4-9-18(26)22-16/h4-11,13H,12H2,1-3H3,(H,23,25,27). The zero-order valence-electron chi connectivity index (χ0n) is 16.4. The first kappa shape index (κ1) is 19.1. The van der Waals surface area contributed by atoms with Crippen LogP contribution >= 0.6 is 11.3 Å². The molecule has 3 heterocycles. The number of nitrogens with zero attached hydrogens (tertiary/aromatic N) is 4. The van der Waals surface area contributed by atoms with Crippen molar-refractivity contribution in [1.82, 2.24) is 19.6 Å². The van der Waals surface area contributed by atoms with Gasteiger partial charge in [0, 0.05) is 23.9 Å². The lowest BCUT2D eigenvalue weighted by molar-refractivity contribution is 0.102. The number of imidazole rings is 1. The molecule has 8 heteroatoms. The van der Waals surface area contributed by atoms with Crippen LogP contribution in [0.2, 0.25) is 0 Å². The Kier molecular flexibility index (Phi) is 5.26. The molecule has 1 N–H and O–H groups in total. The lowest BCUT2D eigenvalue weighted by Crippen LogP contribution is -2.11. The summed E-state index contributed by atoms with van der Waals surface area (Å²) < 4.78 is 7.79. The second-order valence-corrected chi connectivity index (χ2v) is 8.08. The monoisotopic (exact) mass is 407 g/mol. The van der Waals surface area contributed by atoms with Gasteiger partial charge < -0.3 is 9.14 Å². The van der Waals surface area contributed by atoms with E-state index in [1.807, 2.05) is 49.7 Å². The zero-order chi connectivity index (χ0) is 20.4. The molecule has 29 heavy (non-hydrogen) atoms. The molecule has 0 saturated carbocycles. The van der Waals surface area contributed by atoms with Gasteiger partial charge in [0.2, 0.25) is 5.13 Å². The molecule has 4 aromatic rings. The molecule has 0 aliphatic carbocycles. The van der Waals surface area contributed by atoms with Crippen LogP contribution in [0.4, 0.5) is 5.13 Å². The average molecular weight is 407 g/mol. The molecule has 0 radical (unpaired) electrons. The molecule has 0 fully saturated rings. The minimum atomic E-state index is -0.223. The van der Waals surface area contributed by atoms with Gasteiger partial charge in [-0.25, -0.2) is 4.98 Å². The van der Waals surface area contributed by atoms with Crippen LogP contribution in [0.25, 0.3) is 5.65 Å². The fourth-order valence-electron chi connectivity index (χ4n) is 2.77. The van der Waals surface area contributed by atoms with Gasteiger partial charge in [-0.3, -0.25) is 10.1 Å². The summed E-state index contributed by atoms with van der Waals surface area (Å²) >= 11 is 1.39. The van der Waals surface area contributed by atoms with Crippen LogP contribution in [0, 0.1) is 6.92 Å². The molecule has 0 aliphatic rings. The minimum absolute atomic E-state index is 0.223. The van der Waals surface area contributed by atoms with Gasteiger partial charge in [-0.15, -0.1) is 10.2 Å². The highest BCUT2D eigenvalue weighted by Gasteiger charge is 2.12. The summed E-state index contributed by atoms with van der Waals surface area (Å²) in [6.45, 7) is 6.48. The fourth-order valence-corrected chi connectivity index (χ4v) is 3.51. The van der Waals surface area contributed by atoms with Crippen molar-refractivity contribution in [3.05, 3.63) is 70.6 Å². The van der Waals surface area contributed by atoms with E-state index in [1.165, 1.54) is 16.9 Å². The molecule has 0 aliphatic heterocycles. The van der Waals surface area contributed by atoms with E-state index in [9.17, 15) is 4.79 Å². The van der Waals surface area contributed by atoms with E-state index in [1.54, 1.807) is 24.3 Å². The molecule has 148 valence electrons. The van der Waals surface area contributed by atoms with Crippen molar-refractivity contribution in [2.45, 2.75) is 33.3 Å². The highest BCUT2D eigenvalue weighted by molar-refractivity contribution is 7.15. The molecule has 0 saturated heterocycles. The van der Waals surface area contributed by atoms with Crippen LogP contribution in [0.3, 0.4) is 0 Å². The van der Waals surface area contributed by atoms with Crippen molar-refractivity contribution in [2.75, 3.05) is 5.32 Å². The van der Waals surface area contributed by atoms with E-state index in [0.29, 0.717) is 23.1 Å². The lowest BCUT2D eigenvalue weighted by atomic mass is 10.2. The van der Waals surface area contributed by atoms with Gasteiger partial charge in [0.25, 0.3) is 5.91 Å². The number of anilines is 1. The third-order valence-electron chi connectivity index (χ3n) is 4.31. The Labute approximate surface area is 172 Å². The van der Waals surface area contributed by atoms with Crippen LogP contribution in [-0.4, -0.2) is 25.5 Å². The molecule has 0 unspecified atom stereocenters. The largest absolute Gasteiger partial charge is 0.487 e. The lowest BCUT2D eigenvalue weighted by Gasteiger charge is -2.05. The smallest absolute Gasteiger partial charge is 0.257 e. The van der Waals surface area contributed by atoms with Crippen molar-refractivity contribution >= 4 is 28.0 Å². The second kappa shape index (κ2) is 8.00. The van der Waals surface area contributed by atoms with Crippen LogP contribution in [0.5, 0.6) is 5.75 Å². The van der Waals surface area contributed by atoms with Gasteiger partial charge in [-0.05, 0) is 42.8 Å². The number of hydrogen-bond acceptors (Lipinski definition) is 6. The maximum absolute atomic E-state index is 12.4. The molecule has 1 amide bonds. The third kappa shape index (κ3) is 4.43. The van der Waals surface area contributed by atoms with Gasteiger partial charge in [0.05, 0.1) is 5.69 Å². The minimum Gasteiger partial charge on any atom is -0.487 e. The van der Waals surface area contributed by atoms with Gasteiger partial charge in [-0.2, -0.15) is 0 Å². The molecule has 7 nitrogen and oxygen atoms in total. The Bertz CT molecular complexity index is 1150. The molecule has 3 aromatic heterocycles. The fraction of sp³-hybridized carbons (Fsp3) is 0.238. The first-order valence-electron chi connectivity index (χ1n) is 9.30. The number of carbonyl (C=O) groups is 1. The van der Waals surface area contributed by atoms with Gasteiger partial charge in [0.1, 0.15) is 23.0 Å². The number of fused-ring (bicyclic) bond motifs is 1. The maximum atomic E-state index is 12.4. The summed E-state index contributed by atoms with van der Waals surface area (Å²) in [5.41, 5.74) is 3.43. The second-order valence-electron chi connectivity index (χ2n) is 7.07. The average Bonchev–Trinajstić information content (AvgIpc) is 3.33. The Morgan fingerprint density at radius 1 is 1.14 bits per heavy atom. The number of nitrogens with one attached hydrogen (secondary N) is 1. The predicted octanol–water partition coefficient (Wildman–Crippen LogP) is 4.45. The van der Waals surface area contributed by atoms with Crippen LogP contribution in [-0.2, 0) is 6.61 Å². The van der Waals surface area contributed by atoms with E-state index < -0.39 is 0 Å². The Balaban J connectivity index is 1.37. The van der Waals surface area contributed by atoms with E-state index >= 15 is 0 Å². The summed E-state index contributed by atoms with van der Waals surface area (Å²) in [4.78, 5) is 16.9. The highest BCUT2D eigenvalue weighted by Crippen LogP contribution is 2.23. The Morgan fingerprint density at radius 3 is 2.66 bits per heavy atom. The van der Waals surface area contributed by atoms with Gasteiger partial charge >= 0.3 is 0 Å². The number of benzene rings is 1. The summed E-state index contributed by atoms with van der Waals surface area (Å²) in [6.07, 6.45) is 3.99. The first-order valence-corrected chi connectivity index (χ1v) is 10.1. The summed E-state index contributed by atoms with van der Waals surface area (Å²) in [5, 5.41) is 12.3. The third-order valence-corrected chi connectivity index (χ3v) is 5.45. The normalized spacial score (nSPS) is 11.2. The predicted molar refractivity (Wildman–Crippen MR) is 113 cm³/mol. The number of ether oxygens (including phenoxy) is 1. The Morgan fingerprint density at radius 2 is 1.93 bits per heavy atom. The molecule has 0 spiro atoms. The summed E-state index contributed by atoms with van der Waals surface area (Å²) in [5.74, 6) is 0.734. The van der Waals surface area contributed by atoms with Crippen molar-refractivity contribution in [3.63, 3.8) is 0 Å². The van der Waals surface area contributed by atoms with Crippen LogP contribution < -0.4 is 10.1 Å². The number of rotatable bonds is 6. The number of aromatic nitrogens is 4. The molecule has 1 aromatic carbocycles. The van der Waals surface area contributed by atoms with Crippen LogP contribution in [0.15, 0.2) is 48.8 Å². The van der Waals surface area contributed by atoms with Gasteiger partial charge in [0.15, 0.2) is 0 Å². The summed E-state index contributed by atoms with van der Waals surface area (Å²) in [7, 11) is 0. The quantitative estimate of drug-likeness (QED) is 0.511. The first-order chi connectivity index (χ1) is 14.0. The highest BCUT2D eigenvalue weighted by atomic mass is 32.1. The topological polar surface area (TPSA) is 81.4 Å². The summed E-state index contributed by atoms with van der Waals surface area (Å²) in [6, 6.07) is 11.0. The number of hydrogen-bond donors (Lipinski definition) is 1. The molecular weight excluding hydrogens is 386 g/mol. The van der Waals surface area contributed by atoms with E-state index in [-0.39, 0.29) is 11.8 Å². The molecule has 0 bridgehead atoms. The van der Waals surface area contributed by atoms with Crippen molar-refractivity contribution in [3.8, 4) is 5.75 Å². The molecule has 4 rings (SSSR count). The van der Waals surface area contributed by atoms with E-state index in [4.69, 9.17) is 4.74 Å². The number of aryl methyl sites for hydroxylation is 1.